The largest absolute Gasteiger partial charge is 0.493 e. The zero-order valence-electron chi connectivity index (χ0n) is 14.0. The van der Waals surface area contributed by atoms with Crippen LogP contribution in [0.2, 0.25) is 0 Å². The number of hydrogen-bond acceptors (Lipinski definition) is 5. The first kappa shape index (κ1) is 18.9. The first-order chi connectivity index (χ1) is 12.4. The number of rotatable bonds is 8. The predicted octanol–water partition coefficient (Wildman–Crippen LogP) is 3.49. The Morgan fingerprint density at radius 2 is 2.08 bits per heavy atom. The molecule has 2 aromatic rings. The minimum absolute atomic E-state index is 0.291. The molecule has 0 bridgehead atoms. The molecule has 0 radical (unpaired) electrons. The molecular weight excluding hydrogens is 343 g/mol. The fourth-order valence-corrected chi connectivity index (χ4v) is 2.18. The zero-order chi connectivity index (χ0) is 19.1. The van der Waals surface area contributed by atoms with Crippen LogP contribution in [-0.4, -0.2) is 24.5 Å². The maximum Gasteiger partial charge on any atom is 0.271 e. The van der Waals surface area contributed by atoms with Gasteiger partial charge in [-0.25, -0.2) is 4.39 Å². The summed E-state index contributed by atoms with van der Waals surface area (Å²) in [5.74, 6) is -0.661. The van der Waals surface area contributed by atoms with Gasteiger partial charge in [-0.3, -0.25) is 14.9 Å². The van der Waals surface area contributed by atoms with Gasteiger partial charge in [0.2, 0.25) is 0 Å². The first-order valence-corrected chi connectivity index (χ1v) is 7.59. The van der Waals surface area contributed by atoms with Gasteiger partial charge in [0.25, 0.3) is 11.6 Å². The van der Waals surface area contributed by atoms with Crippen LogP contribution in [0.25, 0.3) is 0 Å². The van der Waals surface area contributed by atoms with E-state index in [1.807, 2.05) is 0 Å². The third-order valence-corrected chi connectivity index (χ3v) is 3.40. The van der Waals surface area contributed by atoms with Gasteiger partial charge in [-0.15, -0.1) is 6.58 Å². The number of amides is 1. The lowest BCUT2D eigenvalue weighted by molar-refractivity contribution is -0.384. The van der Waals surface area contributed by atoms with Crippen molar-refractivity contribution in [3.05, 3.63) is 70.5 Å². The number of hydrogen-bond donors (Lipinski definition) is 1. The maximum absolute atomic E-state index is 13.7. The maximum atomic E-state index is 13.7. The molecule has 0 fully saturated rings. The number of carbonyl (C=O) groups excluding carboxylic acids is 1. The van der Waals surface area contributed by atoms with E-state index in [4.69, 9.17) is 9.47 Å². The second kappa shape index (κ2) is 8.61. The van der Waals surface area contributed by atoms with Crippen molar-refractivity contribution in [2.75, 3.05) is 19.0 Å². The Labute approximate surface area is 149 Å². The molecule has 0 unspecified atom stereocenters. The standard InChI is InChI=1S/C18H17FN2O5/c1-3-4-12-5-8-16(17(9-12)25-2)26-11-18(22)20-15-10-13(21(23)24)6-7-14(15)19/h3,5-10H,1,4,11H2,2H3,(H,20,22). The second-order valence-electron chi connectivity index (χ2n) is 5.24. The Hall–Kier alpha value is -3.42. The summed E-state index contributed by atoms with van der Waals surface area (Å²) in [6.07, 6.45) is 2.40. The van der Waals surface area contributed by atoms with E-state index in [1.165, 1.54) is 7.11 Å². The number of non-ortho nitro benzene ring substituents is 1. The highest BCUT2D eigenvalue weighted by Crippen LogP contribution is 2.28. The van der Waals surface area contributed by atoms with Crippen molar-refractivity contribution in [3.63, 3.8) is 0 Å². The van der Waals surface area contributed by atoms with Crippen LogP contribution in [0.4, 0.5) is 15.8 Å². The Morgan fingerprint density at radius 3 is 2.73 bits per heavy atom. The van der Waals surface area contributed by atoms with E-state index in [9.17, 15) is 19.3 Å². The Bertz CT molecular complexity index is 838. The molecule has 0 aliphatic rings. The smallest absolute Gasteiger partial charge is 0.271 e. The molecule has 1 amide bonds. The Morgan fingerprint density at radius 1 is 1.31 bits per heavy atom. The van der Waals surface area contributed by atoms with E-state index in [0.717, 1.165) is 23.8 Å². The molecule has 0 aliphatic heterocycles. The van der Waals surface area contributed by atoms with Crippen LogP contribution in [-0.2, 0) is 11.2 Å². The van der Waals surface area contributed by atoms with Crippen LogP contribution >= 0.6 is 0 Å². The van der Waals surface area contributed by atoms with Gasteiger partial charge >= 0.3 is 0 Å². The molecule has 0 heterocycles. The van der Waals surface area contributed by atoms with E-state index in [1.54, 1.807) is 24.3 Å². The van der Waals surface area contributed by atoms with Crippen LogP contribution in [0.5, 0.6) is 11.5 Å². The molecule has 0 saturated heterocycles. The number of nitro benzene ring substituents is 1. The molecule has 26 heavy (non-hydrogen) atoms. The molecule has 8 heteroatoms. The number of halogens is 1. The van der Waals surface area contributed by atoms with Crippen molar-refractivity contribution in [2.45, 2.75) is 6.42 Å². The minimum atomic E-state index is -0.782. The summed E-state index contributed by atoms with van der Waals surface area (Å²) >= 11 is 0. The van der Waals surface area contributed by atoms with Crippen molar-refractivity contribution in [3.8, 4) is 11.5 Å². The van der Waals surface area contributed by atoms with Crippen molar-refractivity contribution in [1.82, 2.24) is 0 Å². The molecule has 7 nitrogen and oxygen atoms in total. The number of anilines is 1. The van der Waals surface area contributed by atoms with Gasteiger partial charge in [0.1, 0.15) is 5.82 Å². The van der Waals surface area contributed by atoms with Crippen LogP contribution in [0.3, 0.4) is 0 Å². The zero-order valence-corrected chi connectivity index (χ0v) is 14.0. The molecule has 1 N–H and O–H groups in total. The third kappa shape index (κ3) is 4.79. The molecule has 2 aromatic carbocycles. The SMILES string of the molecule is C=CCc1ccc(OCC(=O)Nc2cc([N+](=O)[O-])ccc2F)c(OC)c1. The lowest BCUT2D eigenvalue weighted by Gasteiger charge is -2.12. The molecule has 0 aliphatic carbocycles. The monoisotopic (exact) mass is 360 g/mol. The highest BCUT2D eigenvalue weighted by Gasteiger charge is 2.14. The molecule has 136 valence electrons. The van der Waals surface area contributed by atoms with Gasteiger partial charge in [-0.1, -0.05) is 12.1 Å². The summed E-state index contributed by atoms with van der Waals surface area (Å²) < 4.78 is 24.3. The number of carbonyl (C=O) groups is 1. The Kier molecular flexibility index (Phi) is 6.26. The number of nitrogens with zero attached hydrogens (tertiary/aromatic N) is 1. The van der Waals surface area contributed by atoms with Crippen LogP contribution in [0.1, 0.15) is 5.56 Å². The van der Waals surface area contributed by atoms with E-state index < -0.39 is 23.3 Å². The molecule has 0 saturated carbocycles. The van der Waals surface area contributed by atoms with Gasteiger partial charge in [-0.05, 0) is 30.2 Å². The highest BCUT2D eigenvalue weighted by molar-refractivity contribution is 5.92. The molecule has 2 rings (SSSR count). The minimum Gasteiger partial charge on any atom is -0.493 e. The summed E-state index contributed by atoms with van der Waals surface area (Å²) in [4.78, 5) is 22.0. The van der Waals surface area contributed by atoms with Gasteiger partial charge in [0.05, 0.1) is 17.7 Å². The molecular formula is C18H17FN2O5. The van der Waals surface area contributed by atoms with Gasteiger partial charge in [0, 0.05) is 12.1 Å². The van der Waals surface area contributed by atoms with Crippen LogP contribution in [0, 0.1) is 15.9 Å². The van der Waals surface area contributed by atoms with Crippen molar-refractivity contribution < 1.29 is 23.6 Å². The normalized spacial score (nSPS) is 10.1. The summed E-state index contributed by atoms with van der Waals surface area (Å²) in [6, 6.07) is 8.08. The van der Waals surface area contributed by atoms with E-state index in [0.29, 0.717) is 17.9 Å². The van der Waals surface area contributed by atoms with E-state index in [2.05, 4.69) is 11.9 Å². The number of methoxy groups -OCH3 is 1. The summed E-state index contributed by atoms with van der Waals surface area (Å²) in [5.41, 5.74) is 0.343. The van der Waals surface area contributed by atoms with Crippen LogP contribution in [0.15, 0.2) is 49.1 Å². The van der Waals surface area contributed by atoms with Gasteiger partial charge in [-0.2, -0.15) is 0 Å². The number of nitrogens with one attached hydrogen (secondary N) is 1. The summed E-state index contributed by atoms with van der Waals surface area (Å²) in [5, 5.41) is 13.0. The topological polar surface area (TPSA) is 90.7 Å². The Balaban J connectivity index is 2.04. The number of allylic oxidation sites excluding steroid dienone is 1. The van der Waals surface area contributed by atoms with E-state index in [-0.39, 0.29) is 11.4 Å². The molecule has 0 spiro atoms. The summed E-state index contributed by atoms with van der Waals surface area (Å²) in [6.45, 7) is 3.24. The van der Waals surface area contributed by atoms with Gasteiger partial charge in [0.15, 0.2) is 18.1 Å². The first-order valence-electron chi connectivity index (χ1n) is 7.59. The van der Waals surface area contributed by atoms with Crippen molar-refractivity contribution >= 4 is 17.3 Å². The number of nitro groups is 1. The average molecular weight is 360 g/mol. The van der Waals surface area contributed by atoms with Crippen LogP contribution < -0.4 is 14.8 Å². The van der Waals surface area contributed by atoms with Crippen molar-refractivity contribution in [2.24, 2.45) is 0 Å². The lowest BCUT2D eigenvalue weighted by atomic mass is 10.1. The summed E-state index contributed by atoms with van der Waals surface area (Å²) in [7, 11) is 1.47. The quantitative estimate of drug-likeness (QED) is 0.442. The van der Waals surface area contributed by atoms with Gasteiger partial charge < -0.3 is 14.8 Å². The van der Waals surface area contributed by atoms with Crippen molar-refractivity contribution in [1.29, 1.82) is 0 Å². The fourth-order valence-electron chi connectivity index (χ4n) is 2.18. The average Bonchev–Trinajstić information content (AvgIpc) is 2.62. The highest BCUT2D eigenvalue weighted by atomic mass is 19.1. The predicted molar refractivity (Wildman–Crippen MR) is 94.1 cm³/mol. The second-order valence-corrected chi connectivity index (χ2v) is 5.24. The number of benzene rings is 2. The fraction of sp³-hybridized carbons (Fsp3) is 0.167. The number of ether oxygens (including phenoxy) is 2. The third-order valence-electron chi connectivity index (χ3n) is 3.40. The van der Waals surface area contributed by atoms with E-state index >= 15 is 0 Å². The lowest BCUT2D eigenvalue weighted by Crippen LogP contribution is -2.21. The molecule has 0 atom stereocenters. The molecule has 0 aromatic heterocycles.